The molecule has 1 aromatic heterocycles. The molecule has 2 heterocycles. The molecule has 53 heavy (non-hydrogen) atoms. The van der Waals surface area contributed by atoms with E-state index in [0.717, 1.165) is 10.8 Å². The van der Waals surface area contributed by atoms with Crippen LogP contribution in [0.5, 0.6) is 11.5 Å². The molecule has 0 radical (unpaired) electrons. The lowest BCUT2D eigenvalue weighted by atomic mass is 10.00. The lowest BCUT2D eigenvalue weighted by Gasteiger charge is -2.31. The van der Waals surface area contributed by atoms with E-state index in [2.05, 4.69) is 15.6 Å². The maximum atomic E-state index is 14.7. The minimum absolute atomic E-state index is 0.117. The van der Waals surface area contributed by atoms with Gasteiger partial charge in [-0.15, -0.1) is 0 Å². The van der Waals surface area contributed by atoms with Gasteiger partial charge in [0.2, 0.25) is 5.91 Å². The van der Waals surface area contributed by atoms with Gasteiger partial charge in [0.15, 0.2) is 21.3 Å². The Hall–Kier alpha value is -5.78. The number of aromatic nitrogens is 1. The third kappa shape index (κ3) is 9.37. The quantitative estimate of drug-likeness (QED) is 0.148. The Balaban J connectivity index is 0.000000815. The highest BCUT2D eigenvalue weighted by atomic mass is 32.2. The SMILES string of the molecule is CCS(=O)(=O)c1ccc(NC(=O)OC)cc1[C@H]1CCCN1C(=O)[C@H](Nc1ccc2c(N)nccc2c1)c1ccc(OC)c(OC)c1.O=C(O)C(F)(F)F. The number of hydrogen-bond donors (Lipinski definition) is 4. The molecule has 0 saturated carbocycles. The third-order valence-corrected chi connectivity index (χ3v) is 10.2. The van der Waals surface area contributed by atoms with Gasteiger partial charge in [-0.05, 0) is 84.0 Å². The summed E-state index contributed by atoms with van der Waals surface area (Å²) in [4.78, 5) is 41.5. The topological polar surface area (TPSA) is 199 Å². The van der Waals surface area contributed by atoms with E-state index in [0.29, 0.717) is 59.2 Å². The largest absolute Gasteiger partial charge is 0.493 e. The van der Waals surface area contributed by atoms with E-state index >= 15 is 0 Å². The Kier molecular flexibility index (Phi) is 12.6. The minimum atomic E-state index is -5.08. The summed E-state index contributed by atoms with van der Waals surface area (Å²) in [6.45, 7) is 1.97. The lowest BCUT2D eigenvalue weighted by molar-refractivity contribution is -0.192. The monoisotopic (exact) mass is 761 g/mol. The second-order valence-corrected chi connectivity index (χ2v) is 13.8. The van der Waals surface area contributed by atoms with E-state index in [9.17, 15) is 31.2 Å². The average molecular weight is 762 g/mol. The molecule has 4 aromatic rings. The molecule has 2 amide bonds. The van der Waals surface area contributed by atoms with Crippen molar-refractivity contribution in [1.82, 2.24) is 9.88 Å². The Morgan fingerprint density at radius 1 is 1.00 bits per heavy atom. The first-order valence-corrected chi connectivity index (χ1v) is 17.6. The van der Waals surface area contributed by atoms with Crippen molar-refractivity contribution in [2.24, 2.45) is 0 Å². The number of nitrogens with zero attached hydrogens (tertiary/aromatic N) is 2. The molecule has 14 nitrogen and oxygen atoms in total. The number of fused-ring (bicyclic) bond motifs is 1. The highest BCUT2D eigenvalue weighted by molar-refractivity contribution is 7.91. The third-order valence-electron chi connectivity index (χ3n) is 8.39. The maximum Gasteiger partial charge on any atom is 0.490 e. The highest BCUT2D eigenvalue weighted by Crippen LogP contribution is 2.40. The summed E-state index contributed by atoms with van der Waals surface area (Å²) in [5.74, 6) is -1.79. The summed E-state index contributed by atoms with van der Waals surface area (Å²) in [6, 6.07) is 15.8. The van der Waals surface area contributed by atoms with Gasteiger partial charge in [-0.25, -0.2) is 23.0 Å². The standard InChI is InChI=1S/C33H37N5O7S.C2HF3O2/c1-5-46(41,42)29-13-10-23(37-33(40)45-4)19-25(29)26-7-6-16-38(26)32(39)30(21-8-12-27(43-2)28(18-21)44-3)36-22-9-11-24-20(17-22)14-15-35-31(24)34;3-2(4,5)1(6)7/h8-15,17-19,26,30,36H,5-7,16H2,1-4H3,(H2,34,35)(H,37,40);(H,6,7)/t26-,30-;/m1./s1. The zero-order valence-corrected chi connectivity index (χ0v) is 29.9. The molecular formula is C35H38F3N5O9S. The number of sulfone groups is 1. The summed E-state index contributed by atoms with van der Waals surface area (Å²) < 4.78 is 73.9. The van der Waals surface area contributed by atoms with Crippen LogP contribution in [0.15, 0.2) is 71.8 Å². The first-order valence-electron chi connectivity index (χ1n) is 16.0. The number of anilines is 3. The zero-order chi connectivity index (χ0) is 39.1. The van der Waals surface area contributed by atoms with Gasteiger partial charge < -0.3 is 35.3 Å². The van der Waals surface area contributed by atoms with Gasteiger partial charge in [-0.3, -0.25) is 10.1 Å². The normalized spacial score (nSPS) is 14.8. The van der Waals surface area contributed by atoms with Gasteiger partial charge in [0.25, 0.3) is 0 Å². The summed E-state index contributed by atoms with van der Waals surface area (Å²) in [6.07, 6.45) is -2.97. The van der Waals surface area contributed by atoms with E-state index in [-0.39, 0.29) is 16.6 Å². The molecule has 5 rings (SSSR count). The average Bonchev–Trinajstić information content (AvgIpc) is 3.63. The smallest absolute Gasteiger partial charge is 0.490 e. The Morgan fingerprint density at radius 3 is 2.30 bits per heavy atom. The van der Waals surface area contributed by atoms with Crippen LogP contribution >= 0.6 is 0 Å². The van der Waals surface area contributed by atoms with Crippen molar-refractivity contribution >= 4 is 55.8 Å². The van der Waals surface area contributed by atoms with Crippen molar-refractivity contribution < 1.29 is 55.3 Å². The molecular weight excluding hydrogens is 723 g/mol. The molecule has 2 atom stereocenters. The fourth-order valence-corrected chi connectivity index (χ4v) is 6.93. The number of nitrogens with one attached hydrogen (secondary N) is 2. The molecule has 0 aliphatic carbocycles. The Bertz CT molecular complexity index is 2100. The molecule has 1 fully saturated rings. The number of aliphatic carboxylic acids is 1. The number of carbonyl (C=O) groups excluding carboxylic acids is 2. The van der Waals surface area contributed by atoms with E-state index in [1.54, 1.807) is 42.3 Å². The second-order valence-electron chi connectivity index (χ2n) is 11.6. The Morgan fingerprint density at radius 2 is 1.68 bits per heavy atom. The number of nitrogen functional groups attached to an aromatic ring is 1. The molecule has 284 valence electrons. The molecule has 0 spiro atoms. The predicted octanol–water partition coefficient (Wildman–Crippen LogP) is 5.96. The molecule has 1 aliphatic rings. The number of carboxylic acid groups (broad SMARTS) is 1. The van der Waals surface area contributed by atoms with Crippen LogP contribution in [-0.4, -0.2) is 81.2 Å². The van der Waals surface area contributed by atoms with Crippen LogP contribution in [0.4, 0.5) is 35.2 Å². The van der Waals surface area contributed by atoms with Crippen molar-refractivity contribution in [1.29, 1.82) is 0 Å². The van der Waals surface area contributed by atoms with Crippen molar-refractivity contribution in [2.75, 3.05) is 50.0 Å². The van der Waals surface area contributed by atoms with Crippen LogP contribution in [-0.2, 0) is 24.2 Å². The number of methoxy groups -OCH3 is 3. The molecule has 0 unspecified atom stereocenters. The summed E-state index contributed by atoms with van der Waals surface area (Å²) in [7, 11) is 0.630. The fraction of sp³-hybridized carbons (Fsp3) is 0.314. The van der Waals surface area contributed by atoms with Gasteiger partial charge in [0.05, 0.1) is 38.0 Å². The van der Waals surface area contributed by atoms with Crippen LogP contribution < -0.4 is 25.8 Å². The molecule has 1 saturated heterocycles. The van der Waals surface area contributed by atoms with Crippen molar-refractivity contribution in [3.05, 3.63) is 78.0 Å². The number of halogens is 3. The summed E-state index contributed by atoms with van der Waals surface area (Å²) >= 11 is 0. The lowest BCUT2D eigenvalue weighted by Crippen LogP contribution is -2.38. The van der Waals surface area contributed by atoms with Crippen LogP contribution in [0, 0.1) is 0 Å². The van der Waals surface area contributed by atoms with Gasteiger partial charge in [0.1, 0.15) is 11.9 Å². The van der Waals surface area contributed by atoms with Crippen molar-refractivity contribution in [3.63, 3.8) is 0 Å². The van der Waals surface area contributed by atoms with Gasteiger partial charge >= 0.3 is 18.2 Å². The highest BCUT2D eigenvalue weighted by Gasteiger charge is 2.39. The number of rotatable bonds is 10. The molecule has 0 bridgehead atoms. The van der Waals surface area contributed by atoms with E-state index < -0.39 is 40.2 Å². The van der Waals surface area contributed by atoms with E-state index in [1.807, 2.05) is 24.3 Å². The second kappa shape index (κ2) is 16.7. The van der Waals surface area contributed by atoms with E-state index in [1.165, 1.54) is 33.5 Å². The molecule has 1 aliphatic heterocycles. The van der Waals surface area contributed by atoms with Gasteiger partial charge in [-0.1, -0.05) is 13.0 Å². The molecule has 5 N–H and O–H groups in total. The zero-order valence-electron chi connectivity index (χ0n) is 29.1. The van der Waals surface area contributed by atoms with Gasteiger partial charge in [0, 0.05) is 29.5 Å². The number of benzene rings is 3. The number of carbonyl (C=O) groups is 3. The van der Waals surface area contributed by atoms with Crippen LogP contribution in [0.25, 0.3) is 10.8 Å². The van der Waals surface area contributed by atoms with Crippen LogP contribution in [0.2, 0.25) is 0 Å². The first-order chi connectivity index (χ1) is 25.0. The summed E-state index contributed by atoms with van der Waals surface area (Å²) in [5, 5.41) is 14.8. The number of pyridine rings is 1. The predicted molar refractivity (Wildman–Crippen MR) is 190 cm³/mol. The first kappa shape index (κ1) is 40.0. The number of nitrogens with two attached hydrogens (primary N) is 1. The maximum absolute atomic E-state index is 14.7. The summed E-state index contributed by atoms with van der Waals surface area (Å²) in [5.41, 5.74) is 8.14. The van der Waals surface area contributed by atoms with E-state index in [4.69, 9.17) is 29.8 Å². The van der Waals surface area contributed by atoms with Crippen LogP contribution in [0.1, 0.15) is 43.0 Å². The number of amides is 2. The number of alkyl halides is 3. The number of likely N-dealkylation sites (tertiary alicyclic amines) is 1. The Labute approximate surface area is 302 Å². The number of hydrogen-bond acceptors (Lipinski definition) is 11. The number of carboxylic acids is 1. The fourth-order valence-electron chi connectivity index (χ4n) is 5.79. The van der Waals surface area contributed by atoms with Crippen molar-refractivity contribution in [2.45, 2.75) is 42.9 Å². The number of ether oxygens (including phenoxy) is 3. The minimum Gasteiger partial charge on any atom is -0.493 e. The van der Waals surface area contributed by atoms with Crippen LogP contribution in [0.3, 0.4) is 0 Å². The van der Waals surface area contributed by atoms with Crippen molar-refractivity contribution in [3.8, 4) is 11.5 Å². The molecule has 18 heteroatoms. The van der Waals surface area contributed by atoms with Gasteiger partial charge in [-0.2, -0.15) is 13.2 Å². The molecule has 3 aromatic carbocycles.